The zero-order chi connectivity index (χ0) is 15.2. The van der Waals surface area contributed by atoms with Crippen molar-refractivity contribution in [2.75, 3.05) is 25.9 Å². The highest BCUT2D eigenvalue weighted by Crippen LogP contribution is 2.15. The van der Waals surface area contributed by atoms with Crippen molar-refractivity contribution in [2.45, 2.75) is 17.7 Å². The summed E-state index contributed by atoms with van der Waals surface area (Å²) >= 11 is 5.72. The average Bonchev–Trinajstić information content (AvgIpc) is 2.36. The molecular formula is C13H18ClNO4S. The van der Waals surface area contributed by atoms with Gasteiger partial charge in [-0.1, -0.05) is 11.6 Å². The highest BCUT2D eigenvalue weighted by Gasteiger charge is 2.15. The zero-order valence-corrected chi connectivity index (χ0v) is 12.8. The van der Waals surface area contributed by atoms with Gasteiger partial charge in [-0.2, -0.15) is 0 Å². The van der Waals surface area contributed by atoms with Crippen LogP contribution in [0.25, 0.3) is 0 Å². The molecule has 0 aliphatic heterocycles. The number of rotatable bonds is 8. The third-order valence-electron chi connectivity index (χ3n) is 2.84. The molecule has 0 aromatic heterocycles. The summed E-state index contributed by atoms with van der Waals surface area (Å²) in [5.74, 6) is -0.842. The van der Waals surface area contributed by atoms with Gasteiger partial charge in [0.1, 0.15) is 0 Å². The van der Waals surface area contributed by atoms with E-state index in [0.717, 1.165) is 0 Å². The SMILES string of the molecule is CN(CCCC(=O)O)CCS(=O)(=O)c1ccc(Cl)cc1. The Bertz CT molecular complexity index is 542. The number of hydrogen-bond donors (Lipinski definition) is 1. The Morgan fingerprint density at radius 2 is 1.85 bits per heavy atom. The first-order chi connectivity index (χ1) is 9.31. The molecule has 0 aliphatic carbocycles. The molecule has 20 heavy (non-hydrogen) atoms. The van der Waals surface area contributed by atoms with Gasteiger partial charge in [0.25, 0.3) is 0 Å². The van der Waals surface area contributed by atoms with E-state index in [9.17, 15) is 13.2 Å². The summed E-state index contributed by atoms with van der Waals surface area (Å²) in [4.78, 5) is 12.5. The molecule has 0 fully saturated rings. The number of benzene rings is 1. The fraction of sp³-hybridized carbons (Fsp3) is 0.462. The minimum atomic E-state index is -3.33. The predicted octanol–water partition coefficient (Wildman–Crippen LogP) is 1.91. The fourth-order valence-electron chi connectivity index (χ4n) is 1.65. The average molecular weight is 320 g/mol. The van der Waals surface area contributed by atoms with E-state index >= 15 is 0 Å². The van der Waals surface area contributed by atoms with Crippen LogP contribution in [-0.2, 0) is 14.6 Å². The van der Waals surface area contributed by atoms with E-state index < -0.39 is 15.8 Å². The Morgan fingerprint density at radius 3 is 2.40 bits per heavy atom. The minimum absolute atomic E-state index is 0.00178. The van der Waals surface area contributed by atoms with Crippen molar-refractivity contribution >= 4 is 27.4 Å². The molecule has 1 aromatic carbocycles. The van der Waals surface area contributed by atoms with Gasteiger partial charge in [0.15, 0.2) is 9.84 Å². The van der Waals surface area contributed by atoms with Gasteiger partial charge in [-0.3, -0.25) is 4.79 Å². The van der Waals surface area contributed by atoms with Crippen LogP contribution in [0.3, 0.4) is 0 Å². The molecule has 1 rings (SSSR count). The molecular weight excluding hydrogens is 302 g/mol. The number of carboxylic acid groups (broad SMARTS) is 1. The van der Waals surface area contributed by atoms with Crippen molar-refractivity contribution in [2.24, 2.45) is 0 Å². The van der Waals surface area contributed by atoms with Crippen LogP contribution in [0.2, 0.25) is 5.02 Å². The Kier molecular flexibility index (Phi) is 6.45. The maximum atomic E-state index is 12.1. The van der Waals surface area contributed by atoms with Gasteiger partial charge < -0.3 is 10.0 Å². The molecule has 0 amide bonds. The Hall–Kier alpha value is -1.11. The fourth-order valence-corrected chi connectivity index (χ4v) is 3.11. The van der Waals surface area contributed by atoms with Crippen LogP contribution in [-0.4, -0.2) is 50.3 Å². The van der Waals surface area contributed by atoms with Gasteiger partial charge in [-0.25, -0.2) is 8.42 Å². The van der Waals surface area contributed by atoms with Crippen LogP contribution in [0.15, 0.2) is 29.2 Å². The molecule has 0 saturated heterocycles. The van der Waals surface area contributed by atoms with Crippen LogP contribution in [0.1, 0.15) is 12.8 Å². The smallest absolute Gasteiger partial charge is 0.303 e. The summed E-state index contributed by atoms with van der Waals surface area (Å²) in [7, 11) is -1.55. The molecule has 0 atom stereocenters. The first-order valence-corrected chi connectivity index (χ1v) is 8.23. The second-order valence-corrected chi connectivity index (χ2v) is 7.12. The normalized spacial score (nSPS) is 11.8. The third kappa shape index (κ3) is 5.90. The molecule has 112 valence electrons. The number of carbonyl (C=O) groups is 1. The van der Waals surface area contributed by atoms with Crippen molar-refractivity contribution in [1.82, 2.24) is 4.90 Å². The second kappa shape index (κ2) is 7.61. The van der Waals surface area contributed by atoms with Gasteiger partial charge in [-0.05, 0) is 44.3 Å². The van der Waals surface area contributed by atoms with Crippen LogP contribution in [0.4, 0.5) is 0 Å². The number of carboxylic acids is 1. The lowest BCUT2D eigenvalue weighted by Crippen LogP contribution is -2.27. The van der Waals surface area contributed by atoms with Crippen molar-refractivity contribution in [3.63, 3.8) is 0 Å². The molecule has 5 nitrogen and oxygen atoms in total. The van der Waals surface area contributed by atoms with Crippen molar-refractivity contribution in [3.05, 3.63) is 29.3 Å². The summed E-state index contributed by atoms with van der Waals surface area (Å²) in [6, 6.07) is 6.07. The van der Waals surface area contributed by atoms with Crippen molar-refractivity contribution < 1.29 is 18.3 Å². The maximum absolute atomic E-state index is 12.1. The largest absolute Gasteiger partial charge is 0.481 e. The summed E-state index contributed by atoms with van der Waals surface area (Å²) in [6.45, 7) is 0.924. The zero-order valence-electron chi connectivity index (χ0n) is 11.3. The number of aliphatic carboxylic acids is 1. The molecule has 0 bridgehead atoms. The number of nitrogens with zero attached hydrogens (tertiary/aromatic N) is 1. The Balaban J connectivity index is 2.47. The Morgan fingerprint density at radius 1 is 1.25 bits per heavy atom. The van der Waals surface area contributed by atoms with E-state index in [1.807, 2.05) is 4.90 Å². The molecule has 0 aliphatic rings. The summed E-state index contributed by atoms with van der Waals surface area (Å²) in [5, 5.41) is 9.03. The first kappa shape index (κ1) is 16.9. The lowest BCUT2D eigenvalue weighted by Gasteiger charge is -2.15. The van der Waals surface area contributed by atoms with Gasteiger partial charge in [0, 0.05) is 18.0 Å². The van der Waals surface area contributed by atoms with Gasteiger partial charge >= 0.3 is 5.97 Å². The van der Waals surface area contributed by atoms with E-state index in [4.69, 9.17) is 16.7 Å². The topological polar surface area (TPSA) is 74.7 Å². The lowest BCUT2D eigenvalue weighted by atomic mass is 10.3. The van der Waals surface area contributed by atoms with E-state index in [0.29, 0.717) is 24.5 Å². The van der Waals surface area contributed by atoms with E-state index in [1.54, 1.807) is 19.2 Å². The van der Waals surface area contributed by atoms with Crippen LogP contribution < -0.4 is 0 Å². The van der Waals surface area contributed by atoms with Crippen LogP contribution >= 0.6 is 11.6 Å². The molecule has 1 aromatic rings. The van der Waals surface area contributed by atoms with Gasteiger partial charge in [-0.15, -0.1) is 0 Å². The molecule has 7 heteroatoms. The highest BCUT2D eigenvalue weighted by atomic mass is 35.5. The summed E-state index contributed by atoms with van der Waals surface area (Å²) in [5.41, 5.74) is 0. The van der Waals surface area contributed by atoms with Gasteiger partial charge in [0.05, 0.1) is 10.6 Å². The standard InChI is InChI=1S/C13H18ClNO4S/c1-15(8-2-3-13(16)17)9-10-20(18,19)12-6-4-11(14)5-7-12/h4-7H,2-3,8-10H2,1H3,(H,16,17). The van der Waals surface area contributed by atoms with Crippen molar-refractivity contribution in [1.29, 1.82) is 0 Å². The molecule has 0 saturated carbocycles. The molecule has 0 heterocycles. The monoisotopic (exact) mass is 319 g/mol. The summed E-state index contributed by atoms with van der Waals surface area (Å²) in [6.07, 6.45) is 0.598. The van der Waals surface area contributed by atoms with E-state index in [2.05, 4.69) is 0 Å². The summed E-state index contributed by atoms with van der Waals surface area (Å²) < 4.78 is 24.1. The molecule has 0 radical (unpaired) electrons. The highest BCUT2D eigenvalue weighted by molar-refractivity contribution is 7.91. The van der Waals surface area contributed by atoms with E-state index in [1.165, 1.54) is 12.1 Å². The van der Waals surface area contributed by atoms with Crippen molar-refractivity contribution in [3.8, 4) is 0 Å². The first-order valence-electron chi connectivity index (χ1n) is 6.20. The third-order valence-corrected chi connectivity index (χ3v) is 4.81. The van der Waals surface area contributed by atoms with Crippen LogP contribution in [0.5, 0.6) is 0 Å². The number of hydrogen-bond acceptors (Lipinski definition) is 4. The quantitative estimate of drug-likeness (QED) is 0.792. The second-order valence-electron chi connectivity index (χ2n) is 4.57. The van der Waals surface area contributed by atoms with E-state index in [-0.39, 0.29) is 17.1 Å². The lowest BCUT2D eigenvalue weighted by molar-refractivity contribution is -0.137. The minimum Gasteiger partial charge on any atom is -0.481 e. The number of halogens is 1. The Labute approximate surface area is 124 Å². The predicted molar refractivity (Wildman–Crippen MR) is 77.9 cm³/mol. The number of sulfone groups is 1. The molecule has 0 unspecified atom stereocenters. The maximum Gasteiger partial charge on any atom is 0.303 e. The molecule has 0 spiro atoms. The van der Waals surface area contributed by atoms with Gasteiger partial charge in [0.2, 0.25) is 0 Å². The molecule has 1 N–H and O–H groups in total. The van der Waals surface area contributed by atoms with Crippen LogP contribution in [0, 0.1) is 0 Å².